The molecule has 3 aromatic heterocycles. The van der Waals surface area contributed by atoms with E-state index in [1.165, 1.54) is 24.4 Å². The van der Waals surface area contributed by atoms with Crippen LogP contribution in [0, 0.1) is 11.6 Å². The molecular formula is C23H15F4N5O5. The SMILES string of the molecule is O=C1c2cccc(OC(F)F)c2C2CC(c3nn4cc(F)c(-c5cncc(F)c5)nc4c32)N1C(O)(O)O. The molecule has 6 rings (SSSR count). The molecule has 14 heteroatoms. The Morgan fingerprint density at radius 3 is 2.62 bits per heavy atom. The number of amides is 1. The second kappa shape index (κ2) is 7.93. The zero-order valence-electron chi connectivity index (χ0n) is 18.4. The highest BCUT2D eigenvalue weighted by Crippen LogP contribution is 2.54. The lowest BCUT2D eigenvalue weighted by Crippen LogP contribution is -2.53. The smallest absolute Gasteiger partial charge is 0.387 e. The van der Waals surface area contributed by atoms with Gasteiger partial charge in [-0.25, -0.2) is 18.3 Å². The Labute approximate surface area is 204 Å². The van der Waals surface area contributed by atoms with Crippen LogP contribution in [0.2, 0.25) is 0 Å². The van der Waals surface area contributed by atoms with Crippen molar-refractivity contribution in [1.29, 1.82) is 0 Å². The van der Waals surface area contributed by atoms with Crippen molar-refractivity contribution in [2.24, 2.45) is 0 Å². The monoisotopic (exact) mass is 517 g/mol. The van der Waals surface area contributed by atoms with E-state index in [0.717, 1.165) is 23.0 Å². The summed E-state index contributed by atoms with van der Waals surface area (Å²) in [7, 11) is 0. The van der Waals surface area contributed by atoms with Crippen molar-refractivity contribution in [1.82, 2.24) is 24.5 Å². The first kappa shape index (κ1) is 23.3. The maximum Gasteiger partial charge on any atom is 0.387 e. The number of hydrogen-bond donors (Lipinski definition) is 3. The van der Waals surface area contributed by atoms with E-state index in [1.54, 1.807) is 0 Å². The zero-order chi connectivity index (χ0) is 26.2. The normalized spacial score (nSPS) is 18.8. The summed E-state index contributed by atoms with van der Waals surface area (Å²) < 4.78 is 61.0. The number of carbonyl (C=O) groups excluding carboxylic acids is 1. The van der Waals surface area contributed by atoms with Crippen LogP contribution in [0.1, 0.15) is 45.6 Å². The third-order valence-electron chi connectivity index (χ3n) is 6.44. The van der Waals surface area contributed by atoms with Crippen LogP contribution in [0.5, 0.6) is 5.75 Å². The molecule has 4 aromatic rings. The Hall–Kier alpha value is -4.14. The lowest BCUT2D eigenvalue weighted by atomic mass is 9.89. The number of halogens is 4. The lowest BCUT2D eigenvalue weighted by molar-refractivity contribution is -0.385. The molecule has 1 aliphatic carbocycles. The van der Waals surface area contributed by atoms with Crippen LogP contribution in [-0.2, 0) is 0 Å². The van der Waals surface area contributed by atoms with Crippen LogP contribution >= 0.6 is 0 Å². The molecule has 37 heavy (non-hydrogen) atoms. The first-order valence-electron chi connectivity index (χ1n) is 10.8. The van der Waals surface area contributed by atoms with Gasteiger partial charge in [-0.3, -0.25) is 14.7 Å². The van der Waals surface area contributed by atoms with Gasteiger partial charge in [-0.1, -0.05) is 6.07 Å². The summed E-state index contributed by atoms with van der Waals surface area (Å²) in [5, 5.41) is 34.5. The molecule has 2 aliphatic rings. The van der Waals surface area contributed by atoms with E-state index in [4.69, 9.17) is 0 Å². The molecule has 1 amide bonds. The van der Waals surface area contributed by atoms with Crippen molar-refractivity contribution in [3.8, 4) is 17.0 Å². The number of aliphatic hydroxyl groups is 3. The molecule has 3 N–H and O–H groups in total. The van der Waals surface area contributed by atoms with E-state index >= 15 is 0 Å². The Balaban J connectivity index is 1.65. The predicted octanol–water partition coefficient (Wildman–Crippen LogP) is 2.29. The molecule has 0 saturated heterocycles. The first-order valence-corrected chi connectivity index (χ1v) is 10.8. The number of hydrogen-bond acceptors (Lipinski definition) is 8. The Bertz CT molecular complexity index is 1590. The molecule has 1 aliphatic heterocycles. The number of carbonyl (C=O) groups is 1. The second-order valence-corrected chi connectivity index (χ2v) is 8.57. The first-order chi connectivity index (χ1) is 17.5. The highest BCUT2D eigenvalue weighted by Gasteiger charge is 2.53. The van der Waals surface area contributed by atoms with Crippen molar-refractivity contribution in [2.45, 2.75) is 31.1 Å². The number of alkyl halides is 2. The van der Waals surface area contributed by atoms with Gasteiger partial charge in [0, 0.05) is 34.4 Å². The van der Waals surface area contributed by atoms with Crippen LogP contribution in [0.15, 0.2) is 42.9 Å². The molecule has 4 heterocycles. The summed E-state index contributed by atoms with van der Waals surface area (Å²) in [6.45, 7) is -3.24. The van der Waals surface area contributed by atoms with E-state index in [-0.39, 0.29) is 51.5 Å². The Morgan fingerprint density at radius 1 is 1.14 bits per heavy atom. The minimum Gasteiger partial charge on any atom is -0.434 e. The zero-order valence-corrected chi connectivity index (χ0v) is 18.4. The van der Waals surface area contributed by atoms with Gasteiger partial charge in [-0.2, -0.15) is 13.9 Å². The summed E-state index contributed by atoms with van der Waals surface area (Å²) in [6, 6.07) is 3.50. The molecule has 0 radical (unpaired) electrons. The van der Waals surface area contributed by atoms with E-state index < -0.39 is 42.2 Å². The molecule has 0 fully saturated rings. The summed E-state index contributed by atoms with van der Waals surface area (Å²) in [5.41, 5.74) is -0.177. The molecule has 0 spiro atoms. The fourth-order valence-electron chi connectivity index (χ4n) is 5.16. The van der Waals surface area contributed by atoms with Crippen molar-refractivity contribution in [3.05, 3.63) is 76.9 Å². The van der Waals surface area contributed by atoms with Gasteiger partial charge in [0.15, 0.2) is 11.5 Å². The fourth-order valence-corrected chi connectivity index (χ4v) is 5.16. The quantitative estimate of drug-likeness (QED) is 0.278. The minimum absolute atomic E-state index is 0.0155. The number of fused-ring (bicyclic) bond motifs is 9. The summed E-state index contributed by atoms with van der Waals surface area (Å²) in [6.07, 6.45) is -0.683. The summed E-state index contributed by atoms with van der Waals surface area (Å²) in [4.78, 5) is 21.7. The minimum atomic E-state index is -3.65. The third kappa shape index (κ3) is 3.52. The van der Waals surface area contributed by atoms with Crippen LogP contribution in [0.25, 0.3) is 16.9 Å². The molecule has 2 unspecified atom stereocenters. The van der Waals surface area contributed by atoms with Crippen molar-refractivity contribution >= 4 is 11.6 Å². The number of rotatable bonds is 4. The fraction of sp³-hybridized carbons (Fsp3) is 0.217. The maximum absolute atomic E-state index is 15.0. The largest absolute Gasteiger partial charge is 0.434 e. The number of pyridine rings is 1. The molecule has 0 saturated carbocycles. The van der Waals surface area contributed by atoms with Gasteiger partial charge < -0.3 is 20.1 Å². The molecular weight excluding hydrogens is 502 g/mol. The van der Waals surface area contributed by atoms with Gasteiger partial charge in [0.1, 0.15) is 17.3 Å². The average molecular weight is 517 g/mol. The standard InChI is InChI=1S/C23H15F4N5O5/c24-10-4-9(6-28-7-10)18-13(25)8-31-20(29-18)17-12-5-14(19(17)30-31)32(23(34,35)36)21(33)11-2-1-3-15(16(11)12)37-22(26)27/h1-4,6-8,12,14,22,34-36H,5H2. The number of nitrogens with zero attached hydrogens (tertiary/aromatic N) is 5. The second-order valence-electron chi connectivity index (χ2n) is 8.57. The van der Waals surface area contributed by atoms with E-state index in [0.29, 0.717) is 4.90 Å². The van der Waals surface area contributed by atoms with Crippen molar-refractivity contribution in [3.63, 3.8) is 0 Å². The van der Waals surface area contributed by atoms with Gasteiger partial charge in [0.25, 0.3) is 5.91 Å². The summed E-state index contributed by atoms with van der Waals surface area (Å²) >= 11 is 0. The number of aromatic nitrogens is 4. The molecule has 10 nitrogen and oxygen atoms in total. The van der Waals surface area contributed by atoms with Crippen LogP contribution in [-0.4, -0.2) is 58.4 Å². The highest BCUT2D eigenvalue weighted by atomic mass is 19.3. The summed E-state index contributed by atoms with van der Waals surface area (Å²) in [5.74, 6) is -3.96. The number of ether oxygens (including phenoxy) is 1. The molecule has 2 atom stereocenters. The van der Waals surface area contributed by atoms with Crippen molar-refractivity contribution in [2.75, 3.05) is 0 Å². The van der Waals surface area contributed by atoms with E-state index in [9.17, 15) is 37.7 Å². The van der Waals surface area contributed by atoms with Crippen LogP contribution in [0.4, 0.5) is 17.6 Å². The van der Waals surface area contributed by atoms with Crippen molar-refractivity contribution < 1.29 is 42.4 Å². The van der Waals surface area contributed by atoms with E-state index in [1.807, 2.05) is 0 Å². The van der Waals surface area contributed by atoms with Gasteiger partial charge >= 0.3 is 12.7 Å². The molecule has 1 aromatic carbocycles. The maximum atomic E-state index is 15.0. The van der Waals surface area contributed by atoms with E-state index in [2.05, 4.69) is 19.8 Å². The highest BCUT2D eigenvalue weighted by molar-refractivity contribution is 5.98. The topological polar surface area (TPSA) is 133 Å². The van der Waals surface area contributed by atoms with Crippen LogP contribution < -0.4 is 4.74 Å². The van der Waals surface area contributed by atoms with Gasteiger partial charge in [-0.05, 0) is 24.6 Å². The molecule has 190 valence electrons. The van der Waals surface area contributed by atoms with Gasteiger partial charge in [-0.15, -0.1) is 0 Å². The predicted molar refractivity (Wildman–Crippen MR) is 114 cm³/mol. The Morgan fingerprint density at radius 2 is 1.92 bits per heavy atom. The third-order valence-corrected chi connectivity index (χ3v) is 6.44. The average Bonchev–Trinajstić information content (AvgIpc) is 3.29. The Kier molecular flexibility index (Phi) is 4.99. The van der Waals surface area contributed by atoms with Gasteiger partial charge in [0.2, 0.25) is 0 Å². The van der Waals surface area contributed by atoms with Gasteiger partial charge in [0.05, 0.1) is 24.1 Å². The number of benzene rings is 1. The lowest BCUT2D eigenvalue weighted by Gasteiger charge is -2.34. The molecule has 2 bridgehead atoms. The van der Waals surface area contributed by atoms with Crippen LogP contribution in [0.3, 0.4) is 0 Å².